The quantitative estimate of drug-likeness (QED) is 0.400. The zero-order valence-corrected chi connectivity index (χ0v) is 19.9. The highest BCUT2D eigenvalue weighted by Gasteiger charge is 2.34. The van der Waals surface area contributed by atoms with Crippen LogP contribution in [0.2, 0.25) is 5.02 Å². The summed E-state index contributed by atoms with van der Waals surface area (Å²) in [5.74, 6) is 0.375. The smallest absolute Gasteiger partial charge is 0.318 e. The maximum Gasteiger partial charge on any atom is 0.318 e. The first kappa shape index (κ1) is 21.9. The molecule has 2 saturated heterocycles. The van der Waals surface area contributed by atoms with Crippen LogP contribution in [0.15, 0.2) is 22.6 Å². The molecule has 2 aromatic carbocycles. The van der Waals surface area contributed by atoms with Crippen molar-refractivity contribution in [3.63, 3.8) is 0 Å². The summed E-state index contributed by atoms with van der Waals surface area (Å²) in [7, 11) is 1.46. The highest BCUT2D eigenvalue weighted by molar-refractivity contribution is 6.35. The number of nitrogen functional groups attached to an aromatic ring is 1. The summed E-state index contributed by atoms with van der Waals surface area (Å²) < 4.78 is 27.6. The Bertz CT molecular complexity index is 1550. The summed E-state index contributed by atoms with van der Waals surface area (Å²) in [6.45, 7) is 3.21. The van der Waals surface area contributed by atoms with Gasteiger partial charge in [0.05, 0.1) is 23.4 Å². The van der Waals surface area contributed by atoms with Crippen LogP contribution in [0.25, 0.3) is 33.0 Å². The Morgan fingerprint density at radius 1 is 1.26 bits per heavy atom. The van der Waals surface area contributed by atoms with E-state index in [1.54, 1.807) is 25.1 Å². The number of aromatic nitrogens is 2. The van der Waals surface area contributed by atoms with Crippen molar-refractivity contribution in [1.82, 2.24) is 15.3 Å². The largest absolute Gasteiger partial charge is 0.467 e. The van der Waals surface area contributed by atoms with Crippen LogP contribution < -0.4 is 20.7 Å². The Kier molecular flexibility index (Phi) is 4.99. The fourth-order valence-corrected chi connectivity index (χ4v) is 5.72. The van der Waals surface area contributed by atoms with Crippen molar-refractivity contribution in [3.05, 3.63) is 40.4 Å². The van der Waals surface area contributed by atoms with E-state index in [4.69, 9.17) is 26.5 Å². The topological polar surface area (TPSA) is 113 Å². The number of rotatable bonds is 3. The average molecular weight is 493 g/mol. The van der Waals surface area contributed by atoms with Crippen LogP contribution >= 0.6 is 11.6 Å². The van der Waals surface area contributed by atoms with E-state index < -0.39 is 5.82 Å². The van der Waals surface area contributed by atoms with E-state index >= 15 is 4.39 Å². The van der Waals surface area contributed by atoms with E-state index in [-0.39, 0.29) is 33.4 Å². The Labute approximate surface area is 205 Å². The zero-order chi connectivity index (χ0) is 24.4. The van der Waals surface area contributed by atoms with Gasteiger partial charge in [-0.25, -0.2) is 4.39 Å². The van der Waals surface area contributed by atoms with Gasteiger partial charge in [0.1, 0.15) is 28.7 Å². The van der Waals surface area contributed by atoms with Gasteiger partial charge in [-0.15, -0.1) is 0 Å². The number of methoxy groups -OCH3 is 1. The van der Waals surface area contributed by atoms with Crippen molar-refractivity contribution in [2.24, 2.45) is 0 Å². The number of halogens is 2. The second kappa shape index (κ2) is 7.97. The molecule has 2 atom stereocenters. The number of nitrogens with one attached hydrogen (secondary N) is 1. The Morgan fingerprint density at radius 2 is 2.00 bits per heavy atom. The molecule has 4 aromatic rings. The first-order valence-electron chi connectivity index (χ1n) is 11.4. The van der Waals surface area contributed by atoms with Crippen LogP contribution in [0.1, 0.15) is 24.2 Å². The molecule has 3 N–H and O–H groups in total. The molecule has 2 fully saturated rings. The number of nitrogens with two attached hydrogens (primary N) is 1. The number of furan rings is 1. The maximum atomic E-state index is 16.3. The Hall–Kier alpha value is -3.61. The molecule has 2 aromatic heterocycles. The predicted octanol–water partition coefficient (Wildman–Crippen LogP) is 4.55. The SMILES string of the molecule is COc1nc(N2CC3CCC(C2)N3)c2cc(Cl)c(-c3c(C)oc4ccc(N)c(C#N)c34)c(F)c2n1. The van der Waals surface area contributed by atoms with Gasteiger partial charge in [0.2, 0.25) is 0 Å². The molecule has 6 rings (SSSR count). The standard InChI is InChI=1S/C25H22ClFN6O2/c1-11-19(20-15(8-28)17(29)5-6-18(20)35-11)21-16(26)7-14-23(22(21)27)31-25(34-2)32-24(14)33-9-12-3-4-13(10-33)30-12/h5-7,12-13,30H,3-4,9-10,29H2,1-2H3. The minimum atomic E-state index is -0.635. The molecule has 2 unspecified atom stereocenters. The number of nitriles is 1. The fourth-order valence-electron chi connectivity index (χ4n) is 5.44. The average Bonchev–Trinajstić information content (AvgIpc) is 3.36. The summed E-state index contributed by atoms with van der Waals surface area (Å²) in [4.78, 5) is 11.1. The molecule has 2 aliphatic heterocycles. The molecule has 0 aliphatic carbocycles. The van der Waals surface area contributed by atoms with Crippen LogP contribution in [0.4, 0.5) is 15.9 Å². The second-order valence-electron chi connectivity index (χ2n) is 9.07. The molecule has 10 heteroatoms. The first-order valence-corrected chi connectivity index (χ1v) is 11.7. The van der Waals surface area contributed by atoms with Crippen molar-refractivity contribution < 1.29 is 13.5 Å². The molecule has 0 amide bonds. The lowest BCUT2D eigenvalue weighted by molar-refractivity contribution is 0.380. The number of ether oxygens (including phenoxy) is 1. The third-order valence-electron chi connectivity index (χ3n) is 6.97. The third-order valence-corrected chi connectivity index (χ3v) is 7.27. The van der Waals surface area contributed by atoms with Gasteiger partial charge in [0.25, 0.3) is 0 Å². The lowest BCUT2D eigenvalue weighted by Gasteiger charge is -2.34. The first-order chi connectivity index (χ1) is 16.9. The number of benzene rings is 2. The van der Waals surface area contributed by atoms with E-state index in [0.717, 1.165) is 25.9 Å². The van der Waals surface area contributed by atoms with Gasteiger partial charge < -0.3 is 25.1 Å². The van der Waals surface area contributed by atoms with Gasteiger partial charge in [0.15, 0.2) is 5.82 Å². The number of piperazine rings is 1. The number of fused-ring (bicyclic) bond motifs is 4. The van der Waals surface area contributed by atoms with Crippen LogP contribution in [0.5, 0.6) is 6.01 Å². The molecular formula is C25H22ClFN6O2. The number of hydrogen-bond acceptors (Lipinski definition) is 8. The summed E-state index contributed by atoms with van der Waals surface area (Å²) in [5, 5.41) is 14.4. The lowest BCUT2D eigenvalue weighted by Crippen LogP contribution is -2.51. The minimum Gasteiger partial charge on any atom is -0.467 e. The van der Waals surface area contributed by atoms with Gasteiger partial charge in [0, 0.05) is 47.1 Å². The Balaban J connectivity index is 1.63. The van der Waals surface area contributed by atoms with Crippen LogP contribution in [0, 0.1) is 24.1 Å². The van der Waals surface area contributed by atoms with E-state index in [1.807, 2.05) is 0 Å². The molecule has 2 bridgehead atoms. The van der Waals surface area contributed by atoms with Gasteiger partial charge >= 0.3 is 6.01 Å². The Morgan fingerprint density at radius 3 is 2.69 bits per heavy atom. The number of anilines is 2. The monoisotopic (exact) mass is 492 g/mol. The molecule has 8 nitrogen and oxygen atoms in total. The van der Waals surface area contributed by atoms with Crippen molar-refractivity contribution in [3.8, 4) is 23.2 Å². The number of hydrogen-bond donors (Lipinski definition) is 2. The number of nitrogens with zero attached hydrogens (tertiary/aromatic N) is 4. The molecule has 4 heterocycles. The van der Waals surface area contributed by atoms with Crippen molar-refractivity contribution in [2.75, 3.05) is 30.8 Å². The van der Waals surface area contributed by atoms with E-state index in [0.29, 0.717) is 45.6 Å². The molecule has 0 saturated carbocycles. The summed E-state index contributed by atoms with van der Waals surface area (Å²) in [6, 6.07) is 7.85. The normalized spacial score (nSPS) is 19.5. The third kappa shape index (κ3) is 3.28. The van der Waals surface area contributed by atoms with Gasteiger partial charge in [-0.3, -0.25) is 0 Å². The molecule has 2 aliphatic rings. The van der Waals surface area contributed by atoms with Crippen molar-refractivity contribution >= 4 is 45.0 Å². The van der Waals surface area contributed by atoms with Crippen LogP contribution in [-0.4, -0.2) is 42.3 Å². The number of aryl methyl sites for hydroxylation is 1. The second-order valence-corrected chi connectivity index (χ2v) is 9.48. The van der Waals surface area contributed by atoms with Gasteiger partial charge in [-0.05, 0) is 38.0 Å². The molecule has 35 heavy (non-hydrogen) atoms. The molecule has 0 spiro atoms. The van der Waals surface area contributed by atoms with Crippen molar-refractivity contribution in [1.29, 1.82) is 5.26 Å². The fraction of sp³-hybridized carbons (Fsp3) is 0.320. The molecule has 0 radical (unpaired) electrons. The van der Waals surface area contributed by atoms with Crippen LogP contribution in [-0.2, 0) is 0 Å². The van der Waals surface area contributed by atoms with E-state index in [1.165, 1.54) is 7.11 Å². The van der Waals surface area contributed by atoms with E-state index in [2.05, 4.69) is 26.3 Å². The van der Waals surface area contributed by atoms with E-state index in [9.17, 15) is 5.26 Å². The lowest BCUT2D eigenvalue weighted by atomic mass is 9.96. The summed E-state index contributed by atoms with van der Waals surface area (Å²) in [5.41, 5.74) is 7.54. The van der Waals surface area contributed by atoms with Crippen molar-refractivity contribution in [2.45, 2.75) is 31.8 Å². The molecular weight excluding hydrogens is 471 g/mol. The van der Waals surface area contributed by atoms with Crippen LogP contribution in [0.3, 0.4) is 0 Å². The highest BCUT2D eigenvalue weighted by Crippen LogP contribution is 2.45. The molecule has 178 valence electrons. The van der Waals surface area contributed by atoms with Gasteiger partial charge in [-0.1, -0.05) is 11.6 Å². The highest BCUT2D eigenvalue weighted by atomic mass is 35.5. The van der Waals surface area contributed by atoms with Gasteiger partial charge in [-0.2, -0.15) is 15.2 Å². The summed E-state index contributed by atoms with van der Waals surface area (Å²) >= 11 is 6.75. The maximum absolute atomic E-state index is 16.3. The zero-order valence-electron chi connectivity index (χ0n) is 19.2. The predicted molar refractivity (Wildman–Crippen MR) is 132 cm³/mol. The minimum absolute atomic E-state index is 0.0706. The summed E-state index contributed by atoms with van der Waals surface area (Å²) in [6.07, 6.45) is 2.19.